The van der Waals surface area contributed by atoms with Crippen LogP contribution in [0.5, 0.6) is 0 Å². The lowest BCUT2D eigenvalue weighted by Crippen LogP contribution is -2.31. The predicted octanol–water partition coefficient (Wildman–Crippen LogP) is 2.44. The second-order valence-electron chi connectivity index (χ2n) is 4.42. The van der Waals surface area contributed by atoms with Gasteiger partial charge in [-0.2, -0.15) is 0 Å². The lowest BCUT2D eigenvalue weighted by atomic mass is 9.78. The number of hydrogen-bond donors (Lipinski definition) is 1. The molecule has 0 aliphatic heterocycles. The zero-order valence-electron chi connectivity index (χ0n) is 9.00. The van der Waals surface area contributed by atoms with Crippen molar-refractivity contribution in [1.29, 1.82) is 0 Å². The molecule has 0 bridgehead atoms. The molecule has 1 saturated carbocycles. The third kappa shape index (κ3) is 1.78. The summed E-state index contributed by atoms with van der Waals surface area (Å²) in [5.74, 6) is 2.69. The largest absolute Gasteiger partial charge is 0.330 e. The molecule has 1 aliphatic carbocycles. The molecular formula is C14H17N. The van der Waals surface area contributed by atoms with Crippen LogP contribution < -0.4 is 5.73 Å². The summed E-state index contributed by atoms with van der Waals surface area (Å²) in [4.78, 5) is 0. The van der Waals surface area contributed by atoms with Crippen molar-refractivity contribution in [2.75, 3.05) is 6.54 Å². The monoisotopic (exact) mass is 199 g/mol. The van der Waals surface area contributed by atoms with Crippen LogP contribution in [0.4, 0.5) is 0 Å². The van der Waals surface area contributed by atoms with Crippen LogP contribution in [0, 0.1) is 12.3 Å². The van der Waals surface area contributed by atoms with Gasteiger partial charge < -0.3 is 5.73 Å². The molecule has 0 aromatic heterocycles. The number of terminal acetylenes is 1. The summed E-state index contributed by atoms with van der Waals surface area (Å²) < 4.78 is 0. The molecule has 1 fully saturated rings. The minimum absolute atomic E-state index is 0.201. The zero-order chi connectivity index (χ0) is 10.7. The van der Waals surface area contributed by atoms with E-state index in [1.807, 2.05) is 12.1 Å². The molecular weight excluding hydrogens is 182 g/mol. The minimum Gasteiger partial charge on any atom is -0.330 e. The molecule has 1 heteroatoms. The highest BCUT2D eigenvalue weighted by Crippen LogP contribution is 2.40. The maximum Gasteiger partial charge on any atom is 0.0245 e. The van der Waals surface area contributed by atoms with Gasteiger partial charge in [0.15, 0.2) is 0 Å². The molecule has 78 valence electrons. The summed E-state index contributed by atoms with van der Waals surface area (Å²) in [6, 6.07) is 8.31. The molecule has 15 heavy (non-hydrogen) atoms. The van der Waals surface area contributed by atoms with E-state index in [1.165, 1.54) is 31.2 Å². The Morgan fingerprint density at radius 3 is 2.67 bits per heavy atom. The SMILES string of the molecule is C#Cc1cccc(C2(CN)CCCC2)c1. The smallest absolute Gasteiger partial charge is 0.0245 e. The van der Waals surface area contributed by atoms with E-state index in [1.54, 1.807) is 0 Å². The molecule has 0 amide bonds. The Morgan fingerprint density at radius 2 is 2.07 bits per heavy atom. The molecule has 2 N–H and O–H groups in total. The van der Waals surface area contributed by atoms with Gasteiger partial charge in [0.05, 0.1) is 0 Å². The van der Waals surface area contributed by atoms with Crippen molar-refractivity contribution in [3.05, 3.63) is 35.4 Å². The van der Waals surface area contributed by atoms with Crippen molar-refractivity contribution >= 4 is 0 Å². The van der Waals surface area contributed by atoms with Gasteiger partial charge in [-0.05, 0) is 30.5 Å². The summed E-state index contributed by atoms with van der Waals surface area (Å²) in [5, 5.41) is 0. The fourth-order valence-corrected chi connectivity index (χ4v) is 2.60. The molecule has 0 radical (unpaired) electrons. The summed E-state index contributed by atoms with van der Waals surface area (Å²) in [6.45, 7) is 0.737. The third-order valence-corrected chi connectivity index (χ3v) is 3.59. The quantitative estimate of drug-likeness (QED) is 0.727. The molecule has 1 aromatic rings. The van der Waals surface area contributed by atoms with Gasteiger partial charge in [0.1, 0.15) is 0 Å². The van der Waals surface area contributed by atoms with Crippen molar-refractivity contribution in [2.24, 2.45) is 5.73 Å². The number of hydrogen-bond acceptors (Lipinski definition) is 1. The van der Waals surface area contributed by atoms with Gasteiger partial charge in [-0.3, -0.25) is 0 Å². The van der Waals surface area contributed by atoms with Crippen molar-refractivity contribution in [2.45, 2.75) is 31.1 Å². The van der Waals surface area contributed by atoms with E-state index >= 15 is 0 Å². The molecule has 1 nitrogen and oxygen atoms in total. The maximum absolute atomic E-state index is 5.94. The second-order valence-corrected chi connectivity index (χ2v) is 4.42. The van der Waals surface area contributed by atoms with Crippen LogP contribution in [0.3, 0.4) is 0 Å². The zero-order valence-corrected chi connectivity index (χ0v) is 9.00. The van der Waals surface area contributed by atoms with E-state index in [9.17, 15) is 0 Å². The first kappa shape index (κ1) is 10.3. The first-order valence-electron chi connectivity index (χ1n) is 5.58. The van der Waals surface area contributed by atoms with Crippen molar-refractivity contribution in [3.63, 3.8) is 0 Å². The maximum atomic E-state index is 5.94. The summed E-state index contributed by atoms with van der Waals surface area (Å²) >= 11 is 0. The van der Waals surface area contributed by atoms with Crippen LogP contribution in [0.25, 0.3) is 0 Å². The molecule has 1 aliphatic rings. The Kier molecular flexibility index (Phi) is 2.79. The van der Waals surface area contributed by atoms with Gasteiger partial charge in [-0.15, -0.1) is 6.42 Å². The molecule has 0 spiro atoms. The van der Waals surface area contributed by atoms with E-state index < -0.39 is 0 Å². The van der Waals surface area contributed by atoms with Crippen LogP contribution in [0.15, 0.2) is 24.3 Å². The van der Waals surface area contributed by atoms with Gasteiger partial charge in [-0.25, -0.2) is 0 Å². The van der Waals surface area contributed by atoms with E-state index in [2.05, 4.69) is 18.1 Å². The van der Waals surface area contributed by atoms with Crippen LogP contribution >= 0.6 is 0 Å². The number of benzene rings is 1. The lowest BCUT2D eigenvalue weighted by molar-refractivity contribution is 0.453. The highest BCUT2D eigenvalue weighted by molar-refractivity contribution is 5.39. The average molecular weight is 199 g/mol. The molecule has 0 saturated heterocycles. The Balaban J connectivity index is 2.39. The van der Waals surface area contributed by atoms with Gasteiger partial charge in [-0.1, -0.05) is 30.9 Å². The molecule has 2 rings (SSSR count). The Bertz CT molecular complexity index is 381. The average Bonchev–Trinajstić information content (AvgIpc) is 2.79. The molecule has 0 atom stereocenters. The fraction of sp³-hybridized carbons (Fsp3) is 0.429. The van der Waals surface area contributed by atoms with E-state index in [4.69, 9.17) is 12.2 Å². The molecule has 0 unspecified atom stereocenters. The van der Waals surface area contributed by atoms with E-state index in [0.29, 0.717) is 0 Å². The summed E-state index contributed by atoms with van der Waals surface area (Å²) in [7, 11) is 0. The number of rotatable bonds is 2. The van der Waals surface area contributed by atoms with Crippen LogP contribution in [-0.2, 0) is 5.41 Å². The normalized spacial score (nSPS) is 18.7. The van der Waals surface area contributed by atoms with Crippen LogP contribution in [-0.4, -0.2) is 6.54 Å². The lowest BCUT2D eigenvalue weighted by Gasteiger charge is -2.28. The minimum atomic E-state index is 0.201. The Morgan fingerprint density at radius 1 is 1.33 bits per heavy atom. The summed E-state index contributed by atoms with van der Waals surface area (Å²) in [5.41, 5.74) is 8.44. The topological polar surface area (TPSA) is 26.0 Å². The van der Waals surface area contributed by atoms with Crippen LogP contribution in [0.1, 0.15) is 36.8 Å². The van der Waals surface area contributed by atoms with E-state index in [0.717, 1.165) is 12.1 Å². The van der Waals surface area contributed by atoms with Crippen molar-refractivity contribution < 1.29 is 0 Å². The first-order valence-corrected chi connectivity index (χ1v) is 5.58. The van der Waals surface area contributed by atoms with Crippen molar-refractivity contribution in [1.82, 2.24) is 0 Å². The highest BCUT2D eigenvalue weighted by atomic mass is 14.6. The standard InChI is InChI=1S/C14H17N/c1-2-12-6-5-7-13(10-12)14(11-15)8-3-4-9-14/h1,5-7,10H,3-4,8-9,11,15H2. The molecule has 0 heterocycles. The fourth-order valence-electron chi connectivity index (χ4n) is 2.60. The number of nitrogens with two attached hydrogens (primary N) is 1. The second kappa shape index (κ2) is 4.08. The van der Waals surface area contributed by atoms with Gasteiger partial charge in [0.25, 0.3) is 0 Å². The van der Waals surface area contributed by atoms with Gasteiger partial charge >= 0.3 is 0 Å². The van der Waals surface area contributed by atoms with Gasteiger partial charge in [0, 0.05) is 17.5 Å². The highest BCUT2D eigenvalue weighted by Gasteiger charge is 2.34. The van der Waals surface area contributed by atoms with Gasteiger partial charge in [0.2, 0.25) is 0 Å². The summed E-state index contributed by atoms with van der Waals surface area (Å²) in [6.07, 6.45) is 10.4. The van der Waals surface area contributed by atoms with E-state index in [-0.39, 0.29) is 5.41 Å². The van der Waals surface area contributed by atoms with Crippen molar-refractivity contribution in [3.8, 4) is 12.3 Å². The Hall–Kier alpha value is -1.26. The van der Waals surface area contributed by atoms with Crippen LogP contribution in [0.2, 0.25) is 0 Å². The third-order valence-electron chi connectivity index (χ3n) is 3.59. The Labute approximate surface area is 91.7 Å². The molecule has 1 aromatic carbocycles. The first-order chi connectivity index (χ1) is 7.30. The predicted molar refractivity (Wildman–Crippen MR) is 63.6 cm³/mol.